The predicted molar refractivity (Wildman–Crippen MR) is 81.1 cm³/mol. The van der Waals surface area contributed by atoms with E-state index in [2.05, 4.69) is 12.2 Å². The van der Waals surface area contributed by atoms with Gasteiger partial charge in [0.25, 0.3) is 5.91 Å². The molecule has 20 heavy (non-hydrogen) atoms. The molecule has 106 valence electrons. The van der Waals surface area contributed by atoms with Crippen LogP contribution in [-0.4, -0.2) is 12.5 Å². The van der Waals surface area contributed by atoms with Gasteiger partial charge in [0.2, 0.25) is 0 Å². The highest BCUT2D eigenvalue weighted by Gasteiger charge is 2.15. The van der Waals surface area contributed by atoms with E-state index in [1.165, 1.54) is 0 Å². The number of hydrogen-bond acceptors (Lipinski definition) is 2. The Hall–Kier alpha value is -1.74. The normalized spacial score (nSPS) is 10.6. The molecule has 0 saturated carbocycles. The highest BCUT2D eigenvalue weighted by Crippen LogP contribution is 2.26. The molecular formula is C16H18ClNO2. The minimum absolute atomic E-state index is 0.0834. The minimum Gasteiger partial charge on any atom is -0.461 e. The third kappa shape index (κ3) is 3.42. The molecule has 1 aromatic carbocycles. The molecule has 0 saturated heterocycles. The van der Waals surface area contributed by atoms with Crippen LogP contribution in [0.15, 0.2) is 34.7 Å². The van der Waals surface area contributed by atoms with Crippen molar-refractivity contribution in [2.75, 3.05) is 6.54 Å². The van der Waals surface area contributed by atoms with Gasteiger partial charge in [-0.1, -0.05) is 24.9 Å². The van der Waals surface area contributed by atoms with Gasteiger partial charge >= 0.3 is 0 Å². The average Bonchev–Trinajstić information content (AvgIpc) is 2.82. The molecule has 0 aliphatic heterocycles. The third-order valence-corrected chi connectivity index (χ3v) is 3.36. The fourth-order valence-electron chi connectivity index (χ4n) is 1.94. The van der Waals surface area contributed by atoms with E-state index >= 15 is 0 Å². The number of hydrogen-bond donors (Lipinski definition) is 1. The molecule has 1 aromatic heterocycles. The first-order chi connectivity index (χ1) is 9.61. The SMILES string of the molecule is CCCCNC(=O)c1cc(-c2ccc(Cl)cc2)oc1C. The lowest BCUT2D eigenvalue weighted by Crippen LogP contribution is -2.24. The van der Waals surface area contributed by atoms with Crippen LogP contribution in [0.4, 0.5) is 0 Å². The van der Waals surface area contributed by atoms with Gasteiger partial charge in [-0.25, -0.2) is 0 Å². The maximum absolute atomic E-state index is 12.0. The van der Waals surface area contributed by atoms with Crippen molar-refractivity contribution in [3.8, 4) is 11.3 Å². The molecule has 0 unspecified atom stereocenters. The fourth-order valence-corrected chi connectivity index (χ4v) is 2.06. The van der Waals surface area contributed by atoms with Crippen LogP contribution in [-0.2, 0) is 0 Å². The van der Waals surface area contributed by atoms with Crippen LogP contribution >= 0.6 is 11.6 Å². The Kier molecular flexibility index (Phi) is 4.85. The molecule has 0 fully saturated rings. The van der Waals surface area contributed by atoms with E-state index < -0.39 is 0 Å². The predicted octanol–water partition coefficient (Wildman–Crippen LogP) is 4.44. The van der Waals surface area contributed by atoms with E-state index in [0.717, 1.165) is 18.4 Å². The van der Waals surface area contributed by atoms with Gasteiger partial charge in [-0.2, -0.15) is 0 Å². The van der Waals surface area contributed by atoms with Crippen LogP contribution in [0.3, 0.4) is 0 Å². The second-order valence-corrected chi connectivity index (χ2v) is 5.13. The Labute approximate surface area is 123 Å². The van der Waals surface area contributed by atoms with Gasteiger partial charge in [0, 0.05) is 17.1 Å². The summed E-state index contributed by atoms with van der Waals surface area (Å²) in [5.74, 6) is 1.23. The van der Waals surface area contributed by atoms with Gasteiger partial charge in [-0.15, -0.1) is 0 Å². The topological polar surface area (TPSA) is 42.2 Å². The molecule has 0 aliphatic rings. The Morgan fingerprint density at radius 3 is 2.65 bits per heavy atom. The van der Waals surface area contributed by atoms with Crippen LogP contribution in [0.2, 0.25) is 5.02 Å². The highest BCUT2D eigenvalue weighted by atomic mass is 35.5. The zero-order valence-electron chi connectivity index (χ0n) is 11.7. The van der Waals surface area contributed by atoms with E-state index in [0.29, 0.717) is 28.7 Å². The second kappa shape index (κ2) is 6.62. The summed E-state index contributed by atoms with van der Waals surface area (Å²) in [7, 11) is 0. The number of amides is 1. The number of halogens is 1. The number of benzene rings is 1. The molecular weight excluding hydrogens is 274 g/mol. The number of carbonyl (C=O) groups is 1. The summed E-state index contributed by atoms with van der Waals surface area (Å²) in [5.41, 5.74) is 1.50. The summed E-state index contributed by atoms with van der Waals surface area (Å²) < 4.78 is 5.66. The Morgan fingerprint density at radius 1 is 1.30 bits per heavy atom. The van der Waals surface area contributed by atoms with Crippen molar-refractivity contribution in [1.82, 2.24) is 5.32 Å². The van der Waals surface area contributed by atoms with Crippen molar-refractivity contribution in [2.45, 2.75) is 26.7 Å². The lowest BCUT2D eigenvalue weighted by atomic mass is 10.1. The van der Waals surface area contributed by atoms with Gasteiger partial charge in [-0.05, 0) is 43.7 Å². The summed E-state index contributed by atoms with van der Waals surface area (Å²) >= 11 is 5.86. The van der Waals surface area contributed by atoms with Gasteiger partial charge in [0.1, 0.15) is 11.5 Å². The molecule has 0 radical (unpaired) electrons. The number of furan rings is 1. The number of rotatable bonds is 5. The van der Waals surface area contributed by atoms with Crippen LogP contribution in [0, 0.1) is 6.92 Å². The zero-order chi connectivity index (χ0) is 14.5. The number of unbranched alkanes of at least 4 members (excludes halogenated alkanes) is 1. The van der Waals surface area contributed by atoms with Crippen molar-refractivity contribution < 1.29 is 9.21 Å². The second-order valence-electron chi connectivity index (χ2n) is 4.70. The van der Waals surface area contributed by atoms with E-state index in [4.69, 9.17) is 16.0 Å². The number of nitrogens with one attached hydrogen (secondary N) is 1. The van der Waals surface area contributed by atoms with Gasteiger partial charge in [-0.3, -0.25) is 4.79 Å². The molecule has 0 spiro atoms. The van der Waals surface area contributed by atoms with Gasteiger partial charge < -0.3 is 9.73 Å². The lowest BCUT2D eigenvalue weighted by molar-refractivity contribution is 0.0951. The molecule has 4 heteroatoms. The molecule has 2 rings (SSSR count). The molecule has 1 heterocycles. The monoisotopic (exact) mass is 291 g/mol. The standard InChI is InChI=1S/C16H18ClNO2/c1-3-4-9-18-16(19)14-10-15(20-11(14)2)12-5-7-13(17)8-6-12/h5-8,10H,3-4,9H2,1-2H3,(H,18,19). The van der Waals surface area contributed by atoms with Crippen LogP contribution in [0.25, 0.3) is 11.3 Å². The summed E-state index contributed by atoms with van der Waals surface area (Å²) in [5, 5.41) is 3.57. The summed E-state index contributed by atoms with van der Waals surface area (Å²) in [4.78, 5) is 12.0. The molecule has 2 aromatic rings. The minimum atomic E-state index is -0.0834. The van der Waals surface area contributed by atoms with E-state index in [1.807, 2.05) is 12.1 Å². The lowest BCUT2D eigenvalue weighted by Gasteiger charge is -2.01. The first kappa shape index (κ1) is 14.7. The van der Waals surface area contributed by atoms with Crippen LogP contribution in [0.5, 0.6) is 0 Å². The molecule has 1 N–H and O–H groups in total. The maximum atomic E-state index is 12.0. The van der Waals surface area contributed by atoms with Crippen LogP contribution < -0.4 is 5.32 Å². The zero-order valence-corrected chi connectivity index (χ0v) is 12.5. The van der Waals surface area contributed by atoms with Crippen molar-refractivity contribution >= 4 is 17.5 Å². The molecule has 0 aliphatic carbocycles. The van der Waals surface area contributed by atoms with Crippen molar-refractivity contribution in [3.63, 3.8) is 0 Å². The third-order valence-electron chi connectivity index (χ3n) is 3.11. The maximum Gasteiger partial charge on any atom is 0.254 e. The first-order valence-electron chi connectivity index (χ1n) is 6.76. The van der Waals surface area contributed by atoms with E-state index in [9.17, 15) is 4.79 Å². The summed E-state index contributed by atoms with van der Waals surface area (Å²) in [6, 6.07) is 9.13. The van der Waals surface area contributed by atoms with Crippen molar-refractivity contribution in [1.29, 1.82) is 0 Å². The van der Waals surface area contributed by atoms with E-state index in [1.54, 1.807) is 25.1 Å². The van der Waals surface area contributed by atoms with Gasteiger partial charge in [0.05, 0.1) is 5.56 Å². The number of carbonyl (C=O) groups excluding carboxylic acids is 1. The van der Waals surface area contributed by atoms with Crippen molar-refractivity contribution in [2.24, 2.45) is 0 Å². The molecule has 1 amide bonds. The molecule has 3 nitrogen and oxygen atoms in total. The first-order valence-corrected chi connectivity index (χ1v) is 7.14. The Bertz CT molecular complexity index is 587. The van der Waals surface area contributed by atoms with E-state index in [-0.39, 0.29) is 5.91 Å². The highest BCUT2D eigenvalue weighted by molar-refractivity contribution is 6.30. The van der Waals surface area contributed by atoms with Crippen LogP contribution in [0.1, 0.15) is 35.9 Å². The summed E-state index contributed by atoms with van der Waals surface area (Å²) in [6.45, 7) is 4.58. The van der Waals surface area contributed by atoms with Crippen molar-refractivity contribution in [3.05, 3.63) is 46.7 Å². The molecule has 0 bridgehead atoms. The Balaban J connectivity index is 2.16. The molecule has 0 atom stereocenters. The fraction of sp³-hybridized carbons (Fsp3) is 0.312. The number of aryl methyl sites for hydroxylation is 1. The summed E-state index contributed by atoms with van der Waals surface area (Å²) in [6.07, 6.45) is 2.04. The Morgan fingerprint density at radius 2 is 2.00 bits per heavy atom. The largest absolute Gasteiger partial charge is 0.461 e. The average molecular weight is 292 g/mol. The quantitative estimate of drug-likeness (QED) is 0.828. The smallest absolute Gasteiger partial charge is 0.254 e. The van der Waals surface area contributed by atoms with Gasteiger partial charge in [0.15, 0.2) is 0 Å².